The maximum atomic E-state index is 10.7. The van der Waals surface area contributed by atoms with Gasteiger partial charge in [0, 0.05) is 10.6 Å². The molecule has 7 heteroatoms. The van der Waals surface area contributed by atoms with Gasteiger partial charge in [-0.25, -0.2) is 0 Å². The van der Waals surface area contributed by atoms with E-state index in [9.17, 15) is 5.11 Å². The van der Waals surface area contributed by atoms with Crippen LogP contribution in [-0.2, 0) is 5.60 Å². The Labute approximate surface area is 138 Å². The summed E-state index contributed by atoms with van der Waals surface area (Å²) in [4.78, 5) is 0. The third-order valence-electron chi connectivity index (χ3n) is 3.52. The molecule has 3 aromatic rings. The maximum absolute atomic E-state index is 10.7. The Kier molecular flexibility index (Phi) is 4.27. The minimum Gasteiger partial charge on any atom is -0.384 e. The van der Waals surface area contributed by atoms with Crippen LogP contribution in [0.3, 0.4) is 0 Å². The molecule has 1 atom stereocenters. The molecule has 0 bridgehead atoms. The SMILES string of the molecule is CC(O)(CNc1nnnn1-c1ccccc1)c1ccccc1Cl. The summed E-state index contributed by atoms with van der Waals surface area (Å²) in [6.45, 7) is 1.90. The predicted molar refractivity (Wildman–Crippen MR) is 88.7 cm³/mol. The Morgan fingerprint density at radius 2 is 1.83 bits per heavy atom. The maximum Gasteiger partial charge on any atom is 0.247 e. The first-order valence-corrected chi connectivity index (χ1v) is 7.51. The molecule has 0 saturated carbocycles. The molecule has 0 aliphatic rings. The summed E-state index contributed by atoms with van der Waals surface area (Å²) in [7, 11) is 0. The molecule has 6 nitrogen and oxygen atoms in total. The zero-order valence-corrected chi connectivity index (χ0v) is 13.3. The van der Waals surface area contributed by atoms with Crippen molar-refractivity contribution in [2.24, 2.45) is 0 Å². The largest absolute Gasteiger partial charge is 0.384 e. The van der Waals surface area contributed by atoms with Gasteiger partial charge in [-0.15, -0.1) is 0 Å². The van der Waals surface area contributed by atoms with Crippen LogP contribution in [0.1, 0.15) is 12.5 Å². The number of para-hydroxylation sites is 1. The van der Waals surface area contributed by atoms with Crippen LogP contribution in [0.5, 0.6) is 0 Å². The summed E-state index contributed by atoms with van der Waals surface area (Å²) >= 11 is 6.16. The van der Waals surface area contributed by atoms with Crippen molar-refractivity contribution in [1.82, 2.24) is 20.2 Å². The van der Waals surface area contributed by atoms with Crippen LogP contribution in [0.2, 0.25) is 5.02 Å². The van der Waals surface area contributed by atoms with Crippen LogP contribution >= 0.6 is 11.6 Å². The highest BCUT2D eigenvalue weighted by Gasteiger charge is 2.26. The third kappa shape index (κ3) is 3.33. The molecule has 1 heterocycles. The van der Waals surface area contributed by atoms with Crippen LogP contribution in [0.25, 0.3) is 5.69 Å². The number of hydrogen-bond acceptors (Lipinski definition) is 5. The standard InChI is InChI=1S/C16H16ClN5O/c1-16(23,13-9-5-6-10-14(13)17)11-18-15-19-20-21-22(15)12-7-3-2-4-8-12/h2-10,23H,11H2,1H3,(H,18,19,21). The van der Waals surface area contributed by atoms with E-state index in [1.165, 1.54) is 0 Å². The fourth-order valence-corrected chi connectivity index (χ4v) is 2.62. The molecule has 0 aliphatic carbocycles. The van der Waals surface area contributed by atoms with Gasteiger partial charge in [0.15, 0.2) is 0 Å². The summed E-state index contributed by atoms with van der Waals surface area (Å²) < 4.78 is 1.57. The van der Waals surface area contributed by atoms with E-state index in [4.69, 9.17) is 11.6 Å². The van der Waals surface area contributed by atoms with Crippen molar-refractivity contribution in [3.05, 3.63) is 65.2 Å². The summed E-state index contributed by atoms with van der Waals surface area (Å²) in [6, 6.07) is 16.7. The van der Waals surface area contributed by atoms with Crippen molar-refractivity contribution in [2.45, 2.75) is 12.5 Å². The van der Waals surface area contributed by atoms with Gasteiger partial charge in [-0.3, -0.25) is 0 Å². The molecule has 3 rings (SSSR count). The highest BCUT2D eigenvalue weighted by atomic mass is 35.5. The van der Waals surface area contributed by atoms with E-state index in [0.717, 1.165) is 5.69 Å². The molecule has 0 amide bonds. The lowest BCUT2D eigenvalue weighted by Crippen LogP contribution is -2.31. The number of anilines is 1. The van der Waals surface area contributed by atoms with Crippen LogP contribution in [0.15, 0.2) is 54.6 Å². The number of nitrogens with one attached hydrogen (secondary N) is 1. The lowest BCUT2D eigenvalue weighted by Gasteiger charge is -2.25. The van der Waals surface area contributed by atoms with Gasteiger partial charge < -0.3 is 10.4 Å². The van der Waals surface area contributed by atoms with Crippen molar-refractivity contribution in [2.75, 3.05) is 11.9 Å². The van der Waals surface area contributed by atoms with Gasteiger partial charge in [0.25, 0.3) is 0 Å². The van der Waals surface area contributed by atoms with E-state index in [1.807, 2.05) is 42.5 Å². The Morgan fingerprint density at radius 3 is 2.57 bits per heavy atom. The van der Waals surface area contributed by atoms with Crippen LogP contribution in [0.4, 0.5) is 5.95 Å². The second-order valence-corrected chi connectivity index (χ2v) is 5.76. The number of aromatic nitrogens is 4. The molecule has 0 radical (unpaired) electrons. The van der Waals surface area contributed by atoms with Crippen molar-refractivity contribution >= 4 is 17.5 Å². The van der Waals surface area contributed by atoms with Gasteiger partial charge in [0.1, 0.15) is 5.60 Å². The smallest absolute Gasteiger partial charge is 0.247 e. The highest BCUT2D eigenvalue weighted by Crippen LogP contribution is 2.28. The summed E-state index contributed by atoms with van der Waals surface area (Å²) in [5, 5.41) is 25.9. The van der Waals surface area contributed by atoms with Gasteiger partial charge in [0.05, 0.1) is 12.2 Å². The number of hydrogen-bond donors (Lipinski definition) is 2. The van der Waals surface area contributed by atoms with Crippen molar-refractivity contribution in [3.63, 3.8) is 0 Å². The van der Waals surface area contributed by atoms with E-state index < -0.39 is 5.60 Å². The fourth-order valence-electron chi connectivity index (χ4n) is 2.28. The second-order valence-electron chi connectivity index (χ2n) is 5.36. The zero-order valence-electron chi connectivity index (χ0n) is 12.5. The molecular weight excluding hydrogens is 314 g/mol. The average Bonchev–Trinajstić information content (AvgIpc) is 3.03. The van der Waals surface area contributed by atoms with E-state index in [0.29, 0.717) is 16.5 Å². The number of benzene rings is 2. The van der Waals surface area contributed by atoms with Gasteiger partial charge in [0.2, 0.25) is 5.95 Å². The fraction of sp³-hybridized carbons (Fsp3) is 0.188. The molecule has 0 spiro atoms. The Bertz CT molecular complexity index is 788. The Morgan fingerprint density at radius 1 is 1.13 bits per heavy atom. The second kappa shape index (κ2) is 6.36. The minimum atomic E-state index is -1.16. The van der Waals surface area contributed by atoms with Gasteiger partial charge in [-0.1, -0.05) is 53.1 Å². The van der Waals surface area contributed by atoms with E-state index >= 15 is 0 Å². The van der Waals surface area contributed by atoms with Crippen LogP contribution < -0.4 is 5.32 Å². The van der Waals surface area contributed by atoms with Gasteiger partial charge in [-0.05, 0) is 35.5 Å². The summed E-state index contributed by atoms with van der Waals surface area (Å²) in [6.07, 6.45) is 0. The monoisotopic (exact) mass is 329 g/mol. The summed E-state index contributed by atoms with van der Waals surface area (Å²) in [5.41, 5.74) is 0.316. The lowest BCUT2D eigenvalue weighted by atomic mass is 9.96. The molecule has 0 aliphatic heterocycles. The number of halogens is 1. The minimum absolute atomic E-state index is 0.212. The Hall–Kier alpha value is -2.44. The normalized spacial score (nSPS) is 13.5. The van der Waals surface area contributed by atoms with E-state index in [1.54, 1.807) is 23.7 Å². The molecule has 23 heavy (non-hydrogen) atoms. The molecule has 1 unspecified atom stereocenters. The highest BCUT2D eigenvalue weighted by molar-refractivity contribution is 6.31. The number of rotatable bonds is 5. The van der Waals surface area contributed by atoms with E-state index in [-0.39, 0.29) is 6.54 Å². The average molecular weight is 330 g/mol. The first-order valence-electron chi connectivity index (χ1n) is 7.13. The Balaban J connectivity index is 1.79. The first-order chi connectivity index (χ1) is 11.1. The van der Waals surface area contributed by atoms with Crippen molar-refractivity contribution < 1.29 is 5.11 Å². The topological polar surface area (TPSA) is 75.9 Å². The molecule has 0 fully saturated rings. The van der Waals surface area contributed by atoms with Crippen LogP contribution in [-0.4, -0.2) is 31.9 Å². The zero-order chi connectivity index (χ0) is 16.3. The quantitative estimate of drug-likeness (QED) is 0.752. The van der Waals surface area contributed by atoms with Crippen molar-refractivity contribution in [3.8, 4) is 5.69 Å². The van der Waals surface area contributed by atoms with Crippen molar-refractivity contribution in [1.29, 1.82) is 0 Å². The first kappa shape index (κ1) is 15.5. The third-order valence-corrected chi connectivity index (χ3v) is 3.84. The van der Waals surface area contributed by atoms with Crippen LogP contribution in [0, 0.1) is 0 Å². The number of aliphatic hydroxyl groups is 1. The lowest BCUT2D eigenvalue weighted by molar-refractivity contribution is 0.0714. The number of tetrazole rings is 1. The number of nitrogens with zero attached hydrogens (tertiary/aromatic N) is 4. The molecule has 1 aromatic heterocycles. The molecule has 0 saturated heterocycles. The molecule has 2 N–H and O–H groups in total. The van der Waals surface area contributed by atoms with Gasteiger partial charge >= 0.3 is 0 Å². The van der Waals surface area contributed by atoms with Gasteiger partial charge in [-0.2, -0.15) is 4.68 Å². The summed E-state index contributed by atoms with van der Waals surface area (Å²) in [5.74, 6) is 0.448. The molecule has 118 valence electrons. The molecular formula is C16H16ClN5O. The predicted octanol–water partition coefficient (Wildman–Crippen LogP) is 2.64. The molecule has 2 aromatic carbocycles. The van der Waals surface area contributed by atoms with E-state index in [2.05, 4.69) is 20.8 Å².